The number of benzene rings is 3. The van der Waals surface area contributed by atoms with Gasteiger partial charge in [0.1, 0.15) is 24.2 Å². The van der Waals surface area contributed by atoms with Gasteiger partial charge in [-0.15, -0.1) is 0 Å². The normalized spacial score (nSPS) is 12.3. The second-order valence-electron chi connectivity index (χ2n) is 7.65. The van der Waals surface area contributed by atoms with Crippen molar-refractivity contribution in [3.8, 4) is 5.75 Å². The predicted octanol–water partition coefficient (Wildman–Crippen LogP) is 5.80. The summed E-state index contributed by atoms with van der Waals surface area (Å²) < 4.78 is 20.1. The van der Waals surface area contributed by atoms with E-state index in [9.17, 15) is 14.3 Å². The van der Waals surface area contributed by atoms with Crippen LogP contribution in [0.5, 0.6) is 5.75 Å². The van der Waals surface area contributed by atoms with Gasteiger partial charge in [-0.1, -0.05) is 61.8 Å². The molecular formula is C24H25ClFNO3. The summed E-state index contributed by atoms with van der Waals surface area (Å²) in [4.78, 5) is 11.6. The van der Waals surface area contributed by atoms with Crippen LogP contribution in [0.15, 0.2) is 54.6 Å². The van der Waals surface area contributed by atoms with Gasteiger partial charge in [-0.3, -0.25) is 4.79 Å². The lowest BCUT2D eigenvalue weighted by atomic mass is 10.0. The Kier molecular flexibility index (Phi) is 7.29. The van der Waals surface area contributed by atoms with Gasteiger partial charge < -0.3 is 15.2 Å². The lowest BCUT2D eigenvalue weighted by molar-refractivity contribution is -0.140. The van der Waals surface area contributed by atoms with Gasteiger partial charge in [-0.2, -0.15) is 0 Å². The summed E-state index contributed by atoms with van der Waals surface area (Å²) in [7, 11) is 0. The Morgan fingerprint density at radius 3 is 2.57 bits per heavy atom. The Bertz CT molecular complexity index is 1020. The molecule has 2 N–H and O–H groups in total. The van der Waals surface area contributed by atoms with Gasteiger partial charge in [0.2, 0.25) is 0 Å². The fourth-order valence-electron chi connectivity index (χ4n) is 3.42. The number of hydrogen-bond donors (Lipinski definition) is 2. The minimum Gasteiger partial charge on any atom is -0.488 e. The summed E-state index contributed by atoms with van der Waals surface area (Å²) in [5, 5.41) is 15.0. The Balaban J connectivity index is 1.90. The summed E-state index contributed by atoms with van der Waals surface area (Å²) >= 11 is 6.12. The fraction of sp³-hybridized carbons (Fsp3) is 0.292. The van der Waals surface area contributed by atoms with Crippen LogP contribution >= 0.6 is 11.6 Å². The van der Waals surface area contributed by atoms with Crippen LogP contribution in [-0.4, -0.2) is 17.1 Å². The summed E-state index contributed by atoms with van der Waals surface area (Å²) in [5.41, 5.74) is 1.12. The predicted molar refractivity (Wildman–Crippen MR) is 117 cm³/mol. The van der Waals surface area contributed by atoms with Crippen LogP contribution in [0.2, 0.25) is 5.02 Å². The molecule has 0 saturated heterocycles. The number of halogens is 2. The van der Waals surface area contributed by atoms with E-state index in [-0.39, 0.29) is 18.1 Å². The number of carboxylic acids is 1. The number of hydrogen-bond acceptors (Lipinski definition) is 3. The molecule has 0 fully saturated rings. The molecule has 0 aliphatic carbocycles. The van der Waals surface area contributed by atoms with E-state index in [1.54, 1.807) is 12.1 Å². The topological polar surface area (TPSA) is 58.6 Å². The highest BCUT2D eigenvalue weighted by atomic mass is 35.5. The molecular weight excluding hydrogens is 405 g/mol. The molecule has 3 rings (SSSR count). The molecule has 0 radical (unpaired) electrons. The van der Waals surface area contributed by atoms with Crippen molar-refractivity contribution in [1.29, 1.82) is 0 Å². The third kappa shape index (κ3) is 5.29. The first-order valence-electron chi connectivity index (χ1n) is 9.89. The standard InChI is InChI=1S/C24H25ClFNO3/c1-15(2)12-22(24(28)29)27-13-18-17-7-4-3-6-16(17)10-11-23(18)30-14-19-20(25)8-5-9-21(19)26/h3-11,15,22,27H,12-14H2,1-2H3,(H,28,29). The number of carboxylic acid groups (broad SMARTS) is 1. The largest absolute Gasteiger partial charge is 0.488 e. The van der Waals surface area contributed by atoms with Crippen molar-refractivity contribution in [1.82, 2.24) is 5.32 Å². The van der Waals surface area contributed by atoms with Crippen molar-refractivity contribution in [2.45, 2.75) is 39.5 Å². The first kappa shape index (κ1) is 22.1. The van der Waals surface area contributed by atoms with Crippen molar-refractivity contribution in [3.63, 3.8) is 0 Å². The molecule has 1 atom stereocenters. The highest BCUT2D eigenvalue weighted by Gasteiger charge is 2.20. The first-order chi connectivity index (χ1) is 14.4. The molecule has 1 unspecified atom stereocenters. The number of aliphatic carboxylic acids is 1. The van der Waals surface area contributed by atoms with Gasteiger partial charge in [-0.05, 0) is 41.3 Å². The van der Waals surface area contributed by atoms with Gasteiger partial charge >= 0.3 is 5.97 Å². The Morgan fingerprint density at radius 2 is 1.87 bits per heavy atom. The summed E-state index contributed by atoms with van der Waals surface area (Å²) in [6.07, 6.45) is 0.515. The quantitative estimate of drug-likeness (QED) is 0.451. The molecule has 0 aromatic heterocycles. The van der Waals surface area contributed by atoms with E-state index in [1.165, 1.54) is 6.07 Å². The van der Waals surface area contributed by atoms with E-state index in [2.05, 4.69) is 5.32 Å². The van der Waals surface area contributed by atoms with E-state index in [4.69, 9.17) is 16.3 Å². The SMILES string of the molecule is CC(C)CC(NCc1c(OCc2c(F)cccc2Cl)ccc2ccccc12)C(=O)O. The van der Waals surface area contributed by atoms with Crippen LogP contribution in [0, 0.1) is 11.7 Å². The maximum atomic E-state index is 14.1. The lowest BCUT2D eigenvalue weighted by Crippen LogP contribution is -2.37. The lowest BCUT2D eigenvalue weighted by Gasteiger charge is -2.19. The molecule has 0 heterocycles. The van der Waals surface area contributed by atoms with Gasteiger partial charge in [0.25, 0.3) is 0 Å². The molecule has 0 aliphatic rings. The second-order valence-corrected chi connectivity index (χ2v) is 8.06. The third-order valence-corrected chi connectivity index (χ3v) is 5.32. The molecule has 0 saturated carbocycles. The van der Waals surface area contributed by atoms with Gasteiger partial charge in [0, 0.05) is 17.7 Å². The average molecular weight is 430 g/mol. The van der Waals surface area contributed by atoms with Crippen molar-refractivity contribution >= 4 is 28.3 Å². The highest BCUT2D eigenvalue weighted by molar-refractivity contribution is 6.31. The number of fused-ring (bicyclic) bond motifs is 1. The van der Waals surface area contributed by atoms with Crippen molar-refractivity contribution in [2.24, 2.45) is 5.92 Å². The zero-order chi connectivity index (χ0) is 21.7. The fourth-order valence-corrected chi connectivity index (χ4v) is 3.64. The van der Waals surface area contributed by atoms with Crippen molar-refractivity contribution < 1.29 is 19.0 Å². The summed E-state index contributed by atoms with van der Waals surface area (Å²) in [6.45, 7) is 4.26. The summed E-state index contributed by atoms with van der Waals surface area (Å²) in [6, 6.07) is 15.4. The van der Waals surface area contributed by atoms with E-state index >= 15 is 0 Å². The van der Waals surface area contributed by atoms with Crippen LogP contribution in [0.4, 0.5) is 4.39 Å². The molecule has 0 bridgehead atoms. The van der Waals surface area contributed by atoms with Crippen LogP contribution < -0.4 is 10.1 Å². The second kappa shape index (κ2) is 9.92. The van der Waals surface area contributed by atoms with Crippen molar-refractivity contribution in [3.05, 3.63) is 76.6 Å². The zero-order valence-corrected chi connectivity index (χ0v) is 17.7. The minimum atomic E-state index is -0.885. The molecule has 0 amide bonds. The molecule has 4 nitrogen and oxygen atoms in total. The van der Waals surface area contributed by atoms with E-state index in [1.807, 2.05) is 50.2 Å². The Morgan fingerprint density at radius 1 is 1.10 bits per heavy atom. The summed E-state index contributed by atoms with van der Waals surface area (Å²) in [5.74, 6) is -0.505. The molecule has 0 spiro atoms. The molecule has 3 aromatic rings. The van der Waals surface area contributed by atoms with Crippen LogP contribution in [0.1, 0.15) is 31.4 Å². The van der Waals surface area contributed by atoms with E-state index in [0.29, 0.717) is 23.7 Å². The van der Waals surface area contributed by atoms with Gasteiger partial charge in [-0.25, -0.2) is 4.39 Å². The third-order valence-electron chi connectivity index (χ3n) is 4.96. The zero-order valence-electron chi connectivity index (χ0n) is 17.0. The smallest absolute Gasteiger partial charge is 0.320 e. The van der Waals surface area contributed by atoms with Gasteiger partial charge in [0.05, 0.1) is 5.02 Å². The van der Waals surface area contributed by atoms with E-state index < -0.39 is 17.8 Å². The molecule has 158 valence electrons. The van der Waals surface area contributed by atoms with Gasteiger partial charge in [0.15, 0.2) is 0 Å². The highest BCUT2D eigenvalue weighted by Crippen LogP contribution is 2.30. The monoisotopic (exact) mass is 429 g/mol. The average Bonchev–Trinajstić information content (AvgIpc) is 2.70. The molecule has 3 aromatic carbocycles. The van der Waals surface area contributed by atoms with E-state index in [0.717, 1.165) is 16.3 Å². The first-order valence-corrected chi connectivity index (χ1v) is 10.3. The number of ether oxygens (including phenoxy) is 1. The maximum Gasteiger partial charge on any atom is 0.320 e. The molecule has 30 heavy (non-hydrogen) atoms. The number of carbonyl (C=O) groups is 1. The Hall–Kier alpha value is -2.63. The van der Waals surface area contributed by atoms with Crippen LogP contribution in [0.3, 0.4) is 0 Å². The minimum absolute atomic E-state index is 0.0226. The maximum absolute atomic E-state index is 14.1. The Labute approximate surface area is 180 Å². The molecule has 6 heteroatoms. The van der Waals surface area contributed by atoms with Crippen LogP contribution in [0.25, 0.3) is 10.8 Å². The number of nitrogens with one attached hydrogen (secondary N) is 1. The van der Waals surface area contributed by atoms with Crippen LogP contribution in [-0.2, 0) is 17.9 Å². The molecule has 0 aliphatic heterocycles. The van der Waals surface area contributed by atoms with Crippen molar-refractivity contribution in [2.75, 3.05) is 0 Å². The number of rotatable bonds is 9.